The molecule has 3 atom stereocenters. The molecule has 0 aromatic heterocycles. The van der Waals surface area contributed by atoms with Gasteiger partial charge in [-0.1, -0.05) is 6.07 Å². The maximum Gasteiger partial charge on any atom is 0.262 e. The van der Waals surface area contributed by atoms with Crippen LogP contribution in [0.1, 0.15) is 64.8 Å². The first kappa shape index (κ1) is 19.4. The van der Waals surface area contributed by atoms with Gasteiger partial charge < -0.3 is 5.73 Å². The van der Waals surface area contributed by atoms with Gasteiger partial charge in [-0.2, -0.15) is 0 Å². The Kier molecular flexibility index (Phi) is 4.71. The van der Waals surface area contributed by atoms with Crippen molar-refractivity contribution in [3.8, 4) is 0 Å². The third-order valence-electron chi connectivity index (χ3n) is 7.18. The summed E-state index contributed by atoms with van der Waals surface area (Å²) in [5, 5.41) is 2.23. The van der Waals surface area contributed by atoms with Gasteiger partial charge in [0.1, 0.15) is 6.04 Å². The molecule has 30 heavy (non-hydrogen) atoms. The molecule has 3 unspecified atom stereocenters. The molecule has 8 nitrogen and oxygen atoms in total. The van der Waals surface area contributed by atoms with E-state index < -0.39 is 23.8 Å². The van der Waals surface area contributed by atoms with E-state index in [1.165, 1.54) is 12.8 Å². The highest BCUT2D eigenvalue weighted by Gasteiger charge is 2.45. The van der Waals surface area contributed by atoms with Crippen molar-refractivity contribution in [1.29, 1.82) is 0 Å². The number of benzene rings is 1. The van der Waals surface area contributed by atoms with Gasteiger partial charge >= 0.3 is 0 Å². The number of imide groups is 2. The number of hydrogen-bond acceptors (Lipinski definition) is 6. The summed E-state index contributed by atoms with van der Waals surface area (Å²) in [5.74, 6) is -1.26. The Morgan fingerprint density at radius 3 is 2.33 bits per heavy atom. The summed E-state index contributed by atoms with van der Waals surface area (Å²) in [6.07, 6.45) is 4.91. The summed E-state index contributed by atoms with van der Waals surface area (Å²) in [5.41, 5.74) is 7.58. The van der Waals surface area contributed by atoms with Gasteiger partial charge in [-0.15, -0.1) is 0 Å². The molecule has 4 aliphatic heterocycles. The number of nitrogens with two attached hydrogens (primary N) is 1. The normalized spacial score (nSPS) is 31.3. The Hall–Kier alpha value is -2.58. The zero-order chi connectivity index (χ0) is 21.0. The highest BCUT2D eigenvalue weighted by atomic mass is 16.2. The molecule has 0 aliphatic carbocycles. The molecule has 1 aromatic rings. The minimum absolute atomic E-state index is 0.122. The maximum atomic E-state index is 13.0. The Morgan fingerprint density at radius 1 is 0.967 bits per heavy atom. The number of hydrogen-bond donors (Lipinski definition) is 2. The number of nitrogens with one attached hydrogen (secondary N) is 1. The van der Waals surface area contributed by atoms with Crippen LogP contribution < -0.4 is 11.1 Å². The monoisotopic (exact) mass is 410 g/mol. The number of nitrogens with zero attached hydrogens (tertiary/aromatic N) is 2. The number of fused-ring (bicyclic) bond motifs is 3. The molecule has 2 bridgehead atoms. The second-order valence-electron chi connectivity index (χ2n) is 8.96. The van der Waals surface area contributed by atoms with Gasteiger partial charge in [0.25, 0.3) is 11.8 Å². The van der Waals surface area contributed by atoms with Gasteiger partial charge in [0.15, 0.2) is 0 Å². The van der Waals surface area contributed by atoms with Crippen molar-refractivity contribution < 1.29 is 19.2 Å². The van der Waals surface area contributed by atoms with Crippen LogP contribution in [0.15, 0.2) is 18.2 Å². The predicted octanol–water partition coefficient (Wildman–Crippen LogP) is 0.790. The van der Waals surface area contributed by atoms with E-state index in [1.54, 1.807) is 12.1 Å². The SMILES string of the molecule is NCC1CC2CCC(C1)N2Cc1ccc2c(c1)C(=O)N(C1CCC(=O)NC1=O)C2=O. The van der Waals surface area contributed by atoms with Gasteiger partial charge in [0.05, 0.1) is 11.1 Å². The highest BCUT2D eigenvalue weighted by molar-refractivity contribution is 6.23. The molecule has 0 spiro atoms. The lowest BCUT2D eigenvalue weighted by molar-refractivity contribution is -0.136. The number of carbonyl (C=O) groups is 4. The fourth-order valence-corrected chi connectivity index (χ4v) is 5.66. The van der Waals surface area contributed by atoms with Crippen molar-refractivity contribution in [2.45, 2.75) is 63.2 Å². The fraction of sp³-hybridized carbons (Fsp3) is 0.545. The van der Waals surface area contributed by atoms with Crippen LogP contribution in [-0.2, 0) is 16.1 Å². The molecular formula is C22H26N4O4. The zero-order valence-corrected chi connectivity index (χ0v) is 16.8. The Bertz CT molecular complexity index is 931. The quantitative estimate of drug-likeness (QED) is 0.710. The van der Waals surface area contributed by atoms with E-state index in [2.05, 4.69) is 10.2 Å². The Labute approximate surface area is 174 Å². The van der Waals surface area contributed by atoms with Crippen molar-refractivity contribution in [3.05, 3.63) is 34.9 Å². The summed E-state index contributed by atoms with van der Waals surface area (Å²) in [4.78, 5) is 53.0. The summed E-state index contributed by atoms with van der Waals surface area (Å²) < 4.78 is 0. The van der Waals surface area contributed by atoms with Gasteiger partial charge in [-0.25, -0.2) is 0 Å². The molecule has 4 aliphatic rings. The molecule has 0 saturated carbocycles. The van der Waals surface area contributed by atoms with Crippen LogP contribution in [0.3, 0.4) is 0 Å². The largest absolute Gasteiger partial charge is 0.330 e. The van der Waals surface area contributed by atoms with Crippen LogP contribution in [0.4, 0.5) is 0 Å². The third-order valence-corrected chi connectivity index (χ3v) is 7.18. The first-order chi connectivity index (χ1) is 14.5. The average Bonchev–Trinajstić information content (AvgIpc) is 3.10. The molecule has 5 rings (SSSR count). The van der Waals surface area contributed by atoms with E-state index in [0.29, 0.717) is 29.1 Å². The Morgan fingerprint density at radius 2 is 1.67 bits per heavy atom. The van der Waals surface area contributed by atoms with E-state index in [9.17, 15) is 19.2 Å². The van der Waals surface area contributed by atoms with Crippen LogP contribution in [0.5, 0.6) is 0 Å². The minimum atomic E-state index is -0.926. The predicted molar refractivity (Wildman–Crippen MR) is 107 cm³/mol. The minimum Gasteiger partial charge on any atom is -0.330 e. The zero-order valence-electron chi connectivity index (χ0n) is 16.8. The van der Waals surface area contributed by atoms with Crippen molar-refractivity contribution in [3.63, 3.8) is 0 Å². The molecule has 4 heterocycles. The van der Waals surface area contributed by atoms with Crippen LogP contribution in [0.25, 0.3) is 0 Å². The van der Waals surface area contributed by atoms with Crippen LogP contribution in [0, 0.1) is 5.92 Å². The van der Waals surface area contributed by atoms with Crippen molar-refractivity contribution in [2.75, 3.05) is 6.54 Å². The number of piperidine rings is 2. The first-order valence-corrected chi connectivity index (χ1v) is 10.8. The smallest absolute Gasteiger partial charge is 0.262 e. The average molecular weight is 410 g/mol. The highest BCUT2D eigenvalue weighted by Crippen LogP contribution is 2.39. The number of amides is 4. The molecule has 158 valence electrons. The Balaban J connectivity index is 1.35. The van der Waals surface area contributed by atoms with E-state index in [1.807, 2.05) is 6.07 Å². The molecule has 8 heteroatoms. The fourth-order valence-electron chi connectivity index (χ4n) is 5.66. The van der Waals surface area contributed by atoms with E-state index in [0.717, 1.165) is 36.4 Å². The molecule has 4 amide bonds. The van der Waals surface area contributed by atoms with Crippen LogP contribution >= 0.6 is 0 Å². The first-order valence-electron chi connectivity index (χ1n) is 10.8. The molecule has 1 aromatic carbocycles. The lowest BCUT2D eigenvalue weighted by Crippen LogP contribution is -2.54. The van der Waals surface area contributed by atoms with Gasteiger partial charge in [0, 0.05) is 25.0 Å². The molecular weight excluding hydrogens is 384 g/mol. The standard InChI is InChI=1S/C22H26N4O4/c23-10-13-7-14-2-3-15(8-13)25(14)11-12-1-4-16-17(9-12)22(30)26(21(16)29)18-5-6-19(27)24-20(18)28/h1,4,9,13-15,18H,2-3,5-8,10-11,23H2,(H,24,27,28). The van der Waals surface area contributed by atoms with Crippen molar-refractivity contribution in [2.24, 2.45) is 11.7 Å². The van der Waals surface area contributed by atoms with Gasteiger partial charge in [0.2, 0.25) is 11.8 Å². The molecule has 3 N–H and O–H groups in total. The van der Waals surface area contributed by atoms with Gasteiger partial charge in [-0.3, -0.25) is 34.3 Å². The summed E-state index contributed by atoms with van der Waals surface area (Å²) >= 11 is 0. The summed E-state index contributed by atoms with van der Waals surface area (Å²) in [7, 11) is 0. The van der Waals surface area contributed by atoms with Crippen LogP contribution in [0.2, 0.25) is 0 Å². The van der Waals surface area contributed by atoms with Crippen LogP contribution in [-0.4, -0.2) is 58.1 Å². The lowest BCUT2D eigenvalue weighted by atomic mass is 9.90. The second kappa shape index (κ2) is 7.28. The maximum absolute atomic E-state index is 13.0. The second-order valence-corrected chi connectivity index (χ2v) is 8.96. The number of carbonyl (C=O) groups excluding carboxylic acids is 4. The lowest BCUT2D eigenvalue weighted by Gasteiger charge is -2.38. The summed E-state index contributed by atoms with van der Waals surface area (Å²) in [6, 6.07) is 5.55. The topological polar surface area (TPSA) is 113 Å². The van der Waals surface area contributed by atoms with E-state index in [-0.39, 0.29) is 18.7 Å². The van der Waals surface area contributed by atoms with E-state index in [4.69, 9.17) is 5.73 Å². The van der Waals surface area contributed by atoms with Gasteiger partial charge in [-0.05, 0) is 62.3 Å². The van der Waals surface area contributed by atoms with Crippen molar-refractivity contribution >= 4 is 23.6 Å². The molecule has 3 fully saturated rings. The number of rotatable bonds is 4. The van der Waals surface area contributed by atoms with Crippen molar-refractivity contribution in [1.82, 2.24) is 15.1 Å². The molecule has 0 radical (unpaired) electrons. The van der Waals surface area contributed by atoms with E-state index >= 15 is 0 Å². The third kappa shape index (κ3) is 3.06. The molecule has 3 saturated heterocycles. The summed E-state index contributed by atoms with van der Waals surface area (Å²) in [6.45, 7) is 1.49.